The first kappa shape index (κ1) is 19.0. The van der Waals surface area contributed by atoms with Crippen LogP contribution in [-0.2, 0) is 4.79 Å². The molecule has 0 aliphatic heterocycles. The minimum atomic E-state index is -0.526. The summed E-state index contributed by atoms with van der Waals surface area (Å²) in [5, 5.41) is 6.17. The zero-order valence-corrected chi connectivity index (χ0v) is 15.8. The quantitative estimate of drug-likeness (QED) is 0.668. The molecule has 0 aliphatic rings. The minimum Gasteiger partial charge on any atom is -0.343 e. The highest BCUT2D eigenvalue weighted by atomic mass is 35.5. The molecule has 0 atom stereocenters. The molecule has 0 unspecified atom stereocenters. The highest BCUT2D eigenvalue weighted by Crippen LogP contribution is 2.30. The predicted octanol–water partition coefficient (Wildman–Crippen LogP) is 4.28. The fourth-order valence-corrected chi connectivity index (χ4v) is 3.36. The first-order valence-electron chi connectivity index (χ1n) is 7.99. The van der Waals surface area contributed by atoms with Crippen LogP contribution in [0.4, 0.5) is 9.52 Å². The van der Waals surface area contributed by atoms with E-state index in [1.54, 1.807) is 12.1 Å². The normalized spacial score (nSPS) is 10.5. The molecule has 5 nitrogen and oxygen atoms in total. The Kier molecular flexibility index (Phi) is 5.83. The van der Waals surface area contributed by atoms with Crippen molar-refractivity contribution in [2.75, 3.05) is 11.9 Å². The second-order valence-corrected chi connectivity index (χ2v) is 7.31. The van der Waals surface area contributed by atoms with Crippen LogP contribution in [0.3, 0.4) is 0 Å². The van der Waals surface area contributed by atoms with E-state index < -0.39 is 17.6 Å². The Morgan fingerprint density at radius 2 is 1.93 bits per heavy atom. The van der Waals surface area contributed by atoms with Crippen molar-refractivity contribution in [2.24, 2.45) is 0 Å². The smallest absolute Gasteiger partial charge is 0.251 e. The van der Waals surface area contributed by atoms with Gasteiger partial charge in [0, 0.05) is 21.0 Å². The number of amides is 2. The number of aryl methyl sites for hydroxylation is 1. The third-order valence-electron chi connectivity index (χ3n) is 3.66. The van der Waals surface area contributed by atoms with Crippen molar-refractivity contribution in [2.45, 2.75) is 6.92 Å². The number of nitrogens with one attached hydrogen (secondary N) is 2. The fourth-order valence-electron chi connectivity index (χ4n) is 2.38. The molecule has 0 radical (unpaired) electrons. The van der Waals surface area contributed by atoms with E-state index in [0.717, 1.165) is 22.2 Å². The van der Waals surface area contributed by atoms with E-state index in [-0.39, 0.29) is 12.1 Å². The number of hydrogen-bond donors (Lipinski definition) is 2. The maximum Gasteiger partial charge on any atom is 0.251 e. The van der Waals surface area contributed by atoms with Gasteiger partial charge >= 0.3 is 0 Å². The molecular formula is C19H15ClFN3O2S. The number of thiazole rings is 1. The van der Waals surface area contributed by atoms with Crippen LogP contribution in [0.25, 0.3) is 11.3 Å². The van der Waals surface area contributed by atoms with E-state index >= 15 is 0 Å². The van der Waals surface area contributed by atoms with Crippen molar-refractivity contribution < 1.29 is 14.0 Å². The molecule has 8 heteroatoms. The Labute approximate surface area is 164 Å². The predicted molar refractivity (Wildman–Crippen MR) is 105 cm³/mol. The summed E-state index contributed by atoms with van der Waals surface area (Å²) < 4.78 is 13.1. The van der Waals surface area contributed by atoms with E-state index in [2.05, 4.69) is 15.6 Å². The number of hydrogen-bond acceptors (Lipinski definition) is 4. The van der Waals surface area contributed by atoms with Crippen molar-refractivity contribution in [3.63, 3.8) is 0 Å². The number of benzene rings is 2. The van der Waals surface area contributed by atoms with Gasteiger partial charge in [-0.2, -0.15) is 0 Å². The molecule has 2 amide bonds. The summed E-state index contributed by atoms with van der Waals surface area (Å²) in [4.78, 5) is 29.4. The third kappa shape index (κ3) is 4.90. The Balaban J connectivity index is 1.60. The van der Waals surface area contributed by atoms with Crippen LogP contribution in [0, 0.1) is 12.7 Å². The van der Waals surface area contributed by atoms with Gasteiger partial charge in [-0.15, -0.1) is 11.3 Å². The molecule has 2 aromatic carbocycles. The summed E-state index contributed by atoms with van der Waals surface area (Å²) in [6.07, 6.45) is 0. The molecule has 0 spiro atoms. The van der Waals surface area contributed by atoms with Gasteiger partial charge in [-0.25, -0.2) is 9.37 Å². The van der Waals surface area contributed by atoms with E-state index in [9.17, 15) is 14.0 Å². The summed E-state index contributed by atoms with van der Waals surface area (Å²) in [7, 11) is 0. The van der Waals surface area contributed by atoms with Gasteiger partial charge in [-0.3, -0.25) is 9.59 Å². The average Bonchev–Trinajstić information content (AvgIpc) is 3.00. The van der Waals surface area contributed by atoms with Gasteiger partial charge < -0.3 is 10.6 Å². The number of aromatic nitrogens is 1. The topological polar surface area (TPSA) is 71.1 Å². The largest absolute Gasteiger partial charge is 0.343 e. The molecule has 2 N–H and O–H groups in total. The zero-order valence-electron chi connectivity index (χ0n) is 14.3. The number of carbonyl (C=O) groups excluding carboxylic acids is 2. The highest BCUT2D eigenvalue weighted by molar-refractivity contribution is 7.16. The SMILES string of the molecule is Cc1sc(NC(=O)CNC(=O)c2cccc(F)c2)nc1-c1ccc(Cl)cc1. The molecule has 0 bridgehead atoms. The minimum absolute atomic E-state index is 0.151. The van der Waals surface area contributed by atoms with Crippen LogP contribution in [0.1, 0.15) is 15.2 Å². The van der Waals surface area contributed by atoms with Crippen molar-refractivity contribution in [1.29, 1.82) is 0 Å². The molecule has 3 rings (SSSR count). The summed E-state index contributed by atoms with van der Waals surface area (Å²) in [5.74, 6) is -1.46. The van der Waals surface area contributed by atoms with Crippen LogP contribution < -0.4 is 10.6 Å². The lowest BCUT2D eigenvalue weighted by atomic mass is 10.1. The van der Waals surface area contributed by atoms with Gasteiger partial charge in [0.2, 0.25) is 5.91 Å². The molecule has 138 valence electrons. The van der Waals surface area contributed by atoms with Crippen LogP contribution in [0.2, 0.25) is 5.02 Å². The van der Waals surface area contributed by atoms with E-state index in [1.807, 2.05) is 19.1 Å². The molecule has 0 fully saturated rings. The van der Waals surface area contributed by atoms with Gasteiger partial charge in [0.25, 0.3) is 5.91 Å². The fraction of sp³-hybridized carbons (Fsp3) is 0.105. The summed E-state index contributed by atoms with van der Waals surface area (Å²) in [6.45, 7) is 1.66. The summed E-state index contributed by atoms with van der Waals surface area (Å²) in [6, 6.07) is 12.5. The number of carbonyl (C=O) groups is 2. The maximum absolute atomic E-state index is 13.1. The zero-order chi connectivity index (χ0) is 19.4. The first-order valence-corrected chi connectivity index (χ1v) is 9.19. The monoisotopic (exact) mass is 403 g/mol. The Bertz CT molecular complexity index is 989. The Morgan fingerprint density at radius 1 is 1.19 bits per heavy atom. The van der Waals surface area contributed by atoms with E-state index in [1.165, 1.54) is 29.5 Å². The Hall–Kier alpha value is -2.77. The lowest BCUT2D eigenvalue weighted by molar-refractivity contribution is -0.115. The molecule has 0 aliphatic carbocycles. The van der Waals surface area contributed by atoms with Gasteiger partial charge in [0.05, 0.1) is 12.2 Å². The number of nitrogens with zero attached hydrogens (tertiary/aromatic N) is 1. The second kappa shape index (κ2) is 8.28. The third-order valence-corrected chi connectivity index (χ3v) is 4.80. The lowest BCUT2D eigenvalue weighted by Crippen LogP contribution is -2.32. The average molecular weight is 404 g/mol. The lowest BCUT2D eigenvalue weighted by Gasteiger charge is -2.05. The van der Waals surface area contributed by atoms with Crippen LogP contribution in [-0.4, -0.2) is 23.3 Å². The van der Waals surface area contributed by atoms with Gasteiger partial charge in [0.15, 0.2) is 5.13 Å². The van der Waals surface area contributed by atoms with Crippen molar-refractivity contribution in [3.8, 4) is 11.3 Å². The maximum atomic E-state index is 13.1. The molecule has 27 heavy (non-hydrogen) atoms. The highest BCUT2D eigenvalue weighted by Gasteiger charge is 2.13. The van der Waals surface area contributed by atoms with Crippen molar-refractivity contribution in [1.82, 2.24) is 10.3 Å². The van der Waals surface area contributed by atoms with Gasteiger partial charge in [-0.05, 0) is 37.3 Å². The Morgan fingerprint density at radius 3 is 2.63 bits per heavy atom. The number of halogens is 2. The summed E-state index contributed by atoms with van der Waals surface area (Å²) in [5.41, 5.74) is 1.81. The molecular weight excluding hydrogens is 389 g/mol. The van der Waals surface area contributed by atoms with Gasteiger partial charge in [-0.1, -0.05) is 29.8 Å². The molecule has 1 aromatic heterocycles. The standard InChI is InChI=1S/C19H15ClFN3O2S/c1-11-17(12-5-7-14(20)8-6-12)24-19(27-11)23-16(25)10-22-18(26)13-3-2-4-15(21)9-13/h2-9H,10H2,1H3,(H,22,26)(H,23,24,25). The molecule has 3 aromatic rings. The number of rotatable bonds is 5. The van der Waals surface area contributed by atoms with E-state index in [4.69, 9.17) is 11.6 Å². The van der Waals surface area contributed by atoms with Crippen LogP contribution >= 0.6 is 22.9 Å². The van der Waals surface area contributed by atoms with Crippen molar-refractivity contribution in [3.05, 3.63) is 69.8 Å². The summed E-state index contributed by atoms with van der Waals surface area (Å²) >= 11 is 7.23. The first-order chi connectivity index (χ1) is 12.9. The van der Waals surface area contributed by atoms with Gasteiger partial charge in [0.1, 0.15) is 5.82 Å². The van der Waals surface area contributed by atoms with Crippen LogP contribution in [0.15, 0.2) is 48.5 Å². The van der Waals surface area contributed by atoms with Crippen LogP contribution in [0.5, 0.6) is 0 Å². The number of anilines is 1. The molecule has 1 heterocycles. The van der Waals surface area contributed by atoms with E-state index in [0.29, 0.717) is 10.2 Å². The molecule has 0 saturated carbocycles. The van der Waals surface area contributed by atoms with Crippen molar-refractivity contribution >= 4 is 39.9 Å². The molecule has 0 saturated heterocycles. The second-order valence-electron chi connectivity index (χ2n) is 5.67.